The van der Waals surface area contributed by atoms with E-state index in [0.717, 1.165) is 30.8 Å². The molecule has 0 bridgehead atoms. The fourth-order valence-corrected chi connectivity index (χ4v) is 2.79. The minimum Gasteiger partial charge on any atom is -0.372 e. The number of hydrogen-bond acceptors (Lipinski definition) is 4. The van der Waals surface area contributed by atoms with Crippen LogP contribution in [0.25, 0.3) is 0 Å². The van der Waals surface area contributed by atoms with E-state index in [1.807, 2.05) is 36.4 Å². The van der Waals surface area contributed by atoms with Gasteiger partial charge in [-0.05, 0) is 62.2 Å². The Hall–Kier alpha value is -2.89. The quantitative estimate of drug-likeness (QED) is 0.691. The lowest BCUT2D eigenvalue weighted by atomic mass is 10.2. The predicted octanol–water partition coefficient (Wildman–Crippen LogP) is 2.96. The Morgan fingerprint density at radius 1 is 1.00 bits per heavy atom. The van der Waals surface area contributed by atoms with Gasteiger partial charge < -0.3 is 15.1 Å². The van der Waals surface area contributed by atoms with Crippen LogP contribution in [-0.4, -0.2) is 48.4 Å². The van der Waals surface area contributed by atoms with Crippen LogP contribution in [0.15, 0.2) is 48.8 Å². The number of aromatic nitrogens is 1. The van der Waals surface area contributed by atoms with E-state index in [4.69, 9.17) is 0 Å². The molecule has 1 N–H and O–H groups in total. The summed E-state index contributed by atoms with van der Waals surface area (Å²) < 4.78 is 0. The molecule has 2 rings (SSSR count). The van der Waals surface area contributed by atoms with Crippen molar-refractivity contribution in [3.63, 3.8) is 0 Å². The van der Waals surface area contributed by atoms with Crippen molar-refractivity contribution in [1.29, 1.82) is 0 Å². The molecular weight excluding hydrogens is 340 g/mol. The second-order valence-electron chi connectivity index (χ2n) is 6.36. The SMILES string of the molecule is CCN(CC)c1ccc(NC(=O)CC(=O)N(C)CCc2ccncc2)cc1. The molecule has 1 heterocycles. The van der Waals surface area contributed by atoms with Gasteiger partial charge >= 0.3 is 0 Å². The highest BCUT2D eigenvalue weighted by Crippen LogP contribution is 2.17. The zero-order valence-corrected chi connectivity index (χ0v) is 16.3. The summed E-state index contributed by atoms with van der Waals surface area (Å²) in [6.07, 6.45) is 4.04. The summed E-state index contributed by atoms with van der Waals surface area (Å²) >= 11 is 0. The number of nitrogens with zero attached hydrogens (tertiary/aromatic N) is 3. The third-order valence-electron chi connectivity index (χ3n) is 4.50. The maximum absolute atomic E-state index is 12.2. The van der Waals surface area contributed by atoms with Crippen LogP contribution in [0.5, 0.6) is 0 Å². The Bertz CT molecular complexity index is 728. The zero-order valence-electron chi connectivity index (χ0n) is 16.3. The molecule has 0 saturated heterocycles. The molecule has 0 fully saturated rings. The van der Waals surface area contributed by atoms with Crippen molar-refractivity contribution in [2.75, 3.05) is 36.9 Å². The van der Waals surface area contributed by atoms with Gasteiger partial charge in [0, 0.05) is 50.5 Å². The number of carbonyl (C=O) groups excluding carboxylic acids is 2. The fraction of sp³-hybridized carbons (Fsp3) is 0.381. The van der Waals surface area contributed by atoms with E-state index in [1.54, 1.807) is 24.3 Å². The smallest absolute Gasteiger partial charge is 0.233 e. The second-order valence-corrected chi connectivity index (χ2v) is 6.36. The number of hydrogen-bond donors (Lipinski definition) is 1. The number of rotatable bonds is 9. The summed E-state index contributed by atoms with van der Waals surface area (Å²) in [5, 5.41) is 2.79. The lowest BCUT2D eigenvalue weighted by Crippen LogP contribution is -2.32. The highest BCUT2D eigenvalue weighted by molar-refractivity contribution is 6.03. The molecule has 144 valence electrons. The fourth-order valence-electron chi connectivity index (χ4n) is 2.79. The average molecular weight is 368 g/mol. The van der Waals surface area contributed by atoms with Crippen LogP contribution in [0.4, 0.5) is 11.4 Å². The number of carbonyl (C=O) groups is 2. The molecule has 0 spiro atoms. The van der Waals surface area contributed by atoms with Crippen LogP contribution < -0.4 is 10.2 Å². The molecule has 0 saturated carbocycles. The highest BCUT2D eigenvalue weighted by atomic mass is 16.2. The maximum Gasteiger partial charge on any atom is 0.233 e. The van der Waals surface area contributed by atoms with Crippen LogP contribution in [0.3, 0.4) is 0 Å². The van der Waals surface area contributed by atoms with Gasteiger partial charge in [-0.3, -0.25) is 14.6 Å². The van der Waals surface area contributed by atoms with Crippen LogP contribution in [-0.2, 0) is 16.0 Å². The summed E-state index contributed by atoms with van der Waals surface area (Å²) in [4.78, 5) is 32.2. The van der Waals surface area contributed by atoms with E-state index in [9.17, 15) is 9.59 Å². The van der Waals surface area contributed by atoms with Crippen molar-refractivity contribution >= 4 is 23.2 Å². The van der Waals surface area contributed by atoms with Crippen molar-refractivity contribution in [2.45, 2.75) is 26.7 Å². The first-order valence-electron chi connectivity index (χ1n) is 9.31. The lowest BCUT2D eigenvalue weighted by molar-refractivity contribution is -0.133. The summed E-state index contributed by atoms with van der Waals surface area (Å²) in [6.45, 7) is 6.64. The van der Waals surface area contributed by atoms with Crippen LogP contribution in [0.1, 0.15) is 25.8 Å². The standard InChI is InChI=1S/C21H28N4O2/c1-4-25(5-2)19-8-6-18(7-9-19)23-20(26)16-21(27)24(3)15-12-17-10-13-22-14-11-17/h6-11,13-14H,4-5,12,15-16H2,1-3H3,(H,23,26). The molecular formula is C21H28N4O2. The summed E-state index contributed by atoms with van der Waals surface area (Å²) in [5.41, 5.74) is 2.93. The molecule has 1 aromatic carbocycles. The third-order valence-corrected chi connectivity index (χ3v) is 4.50. The number of amides is 2. The molecule has 2 amide bonds. The van der Waals surface area contributed by atoms with E-state index >= 15 is 0 Å². The van der Waals surface area contributed by atoms with Gasteiger partial charge in [0.2, 0.25) is 11.8 Å². The van der Waals surface area contributed by atoms with Crippen LogP contribution >= 0.6 is 0 Å². The second kappa shape index (κ2) is 10.3. The van der Waals surface area contributed by atoms with Gasteiger partial charge in [-0.1, -0.05) is 0 Å². The Balaban J connectivity index is 1.81. The summed E-state index contributed by atoms with van der Waals surface area (Å²) in [5.74, 6) is -0.493. The molecule has 27 heavy (non-hydrogen) atoms. The van der Waals surface area contributed by atoms with Gasteiger partial charge in [-0.25, -0.2) is 0 Å². The summed E-state index contributed by atoms with van der Waals surface area (Å²) in [6, 6.07) is 11.5. The molecule has 6 nitrogen and oxygen atoms in total. The van der Waals surface area contributed by atoms with Gasteiger partial charge in [0.25, 0.3) is 0 Å². The lowest BCUT2D eigenvalue weighted by Gasteiger charge is -2.21. The van der Waals surface area contributed by atoms with Crippen molar-refractivity contribution in [3.05, 3.63) is 54.4 Å². The van der Waals surface area contributed by atoms with Crippen LogP contribution in [0.2, 0.25) is 0 Å². The molecule has 0 radical (unpaired) electrons. The first kappa shape index (κ1) is 20.4. The minimum absolute atomic E-state index is 0.162. The number of likely N-dealkylation sites (N-methyl/N-ethyl adjacent to an activating group) is 1. The van der Waals surface area contributed by atoms with Crippen LogP contribution in [0, 0.1) is 0 Å². The molecule has 0 aliphatic heterocycles. The van der Waals surface area contributed by atoms with E-state index in [0.29, 0.717) is 12.2 Å². The van der Waals surface area contributed by atoms with E-state index < -0.39 is 0 Å². The Kier molecular flexibility index (Phi) is 7.79. The monoisotopic (exact) mass is 368 g/mol. The Morgan fingerprint density at radius 3 is 2.22 bits per heavy atom. The van der Waals surface area contributed by atoms with E-state index in [1.165, 1.54) is 0 Å². The molecule has 2 aromatic rings. The normalized spacial score (nSPS) is 10.3. The average Bonchev–Trinajstić information content (AvgIpc) is 2.69. The van der Waals surface area contributed by atoms with Gasteiger partial charge in [0.05, 0.1) is 0 Å². The maximum atomic E-state index is 12.2. The van der Waals surface area contributed by atoms with Crippen molar-refractivity contribution in [1.82, 2.24) is 9.88 Å². The number of pyridine rings is 1. The van der Waals surface area contributed by atoms with Gasteiger partial charge in [0.15, 0.2) is 0 Å². The molecule has 0 atom stereocenters. The Morgan fingerprint density at radius 2 is 1.63 bits per heavy atom. The van der Waals surface area contributed by atoms with E-state index in [-0.39, 0.29) is 18.2 Å². The number of benzene rings is 1. The molecule has 1 aromatic heterocycles. The highest BCUT2D eigenvalue weighted by Gasteiger charge is 2.14. The van der Waals surface area contributed by atoms with Gasteiger partial charge in [0.1, 0.15) is 6.42 Å². The molecule has 6 heteroatoms. The number of anilines is 2. The molecule has 0 aliphatic carbocycles. The zero-order chi connectivity index (χ0) is 19.6. The first-order chi connectivity index (χ1) is 13.0. The molecule has 0 unspecified atom stereocenters. The number of nitrogens with one attached hydrogen (secondary N) is 1. The minimum atomic E-state index is -0.300. The van der Waals surface area contributed by atoms with Gasteiger partial charge in [-0.15, -0.1) is 0 Å². The van der Waals surface area contributed by atoms with Crippen molar-refractivity contribution in [3.8, 4) is 0 Å². The first-order valence-corrected chi connectivity index (χ1v) is 9.31. The molecule has 0 aliphatic rings. The Labute approximate surface area is 161 Å². The largest absolute Gasteiger partial charge is 0.372 e. The predicted molar refractivity (Wildman–Crippen MR) is 109 cm³/mol. The summed E-state index contributed by atoms with van der Waals surface area (Å²) in [7, 11) is 1.72. The van der Waals surface area contributed by atoms with Gasteiger partial charge in [-0.2, -0.15) is 0 Å². The van der Waals surface area contributed by atoms with E-state index in [2.05, 4.69) is 29.0 Å². The topological polar surface area (TPSA) is 65.5 Å². The third kappa shape index (κ3) is 6.40. The van der Waals surface area contributed by atoms with Crippen molar-refractivity contribution in [2.24, 2.45) is 0 Å². The van der Waals surface area contributed by atoms with Crippen molar-refractivity contribution < 1.29 is 9.59 Å².